The standard InChI is InChI=1S/C28H37N3O3/c1-20-10-12-22(13-11-20)31-26(32)15-14-24(27(31)23-8-4-5-9-25(23)34-3)28(33)29-18-21(2)19-30-16-6-7-17-30/h4-5,8-13,21,24,27H,6-7,14-19H2,1-3H3,(H,29,33). The van der Waals surface area contributed by atoms with Crippen molar-refractivity contribution in [2.75, 3.05) is 38.2 Å². The topological polar surface area (TPSA) is 61.9 Å². The van der Waals surface area contributed by atoms with Gasteiger partial charge in [-0.15, -0.1) is 0 Å². The highest BCUT2D eigenvalue weighted by molar-refractivity contribution is 5.97. The number of hydrogen-bond acceptors (Lipinski definition) is 4. The summed E-state index contributed by atoms with van der Waals surface area (Å²) in [4.78, 5) is 31.1. The van der Waals surface area contributed by atoms with E-state index in [0.29, 0.717) is 31.1 Å². The van der Waals surface area contributed by atoms with E-state index in [-0.39, 0.29) is 17.7 Å². The lowest BCUT2D eigenvalue weighted by atomic mass is 9.82. The zero-order valence-electron chi connectivity index (χ0n) is 20.6. The van der Waals surface area contributed by atoms with Crippen LogP contribution in [0.15, 0.2) is 48.5 Å². The minimum absolute atomic E-state index is 0.00814. The minimum atomic E-state index is -0.422. The number of aryl methyl sites for hydroxylation is 1. The summed E-state index contributed by atoms with van der Waals surface area (Å²) in [6.45, 7) is 8.19. The SMILES string of the molecule is COc1ccccc1C1C(C(=O)NCC(C)CN2CCCC2)CCC(=O)N1c1ccc(C)cc1. The van der Waals surface area contributed by atoms with Gasteiger partial charge in [-0.05, 0) is 63.4 Å². The number of anilines is 1. The smallest absolute Gasteiger partial charge is 0.227 e. The van der Waals surface area contributed by atoms with Gasteiger partial charge in [0.05, 0.1) is 19.1 Å². The molecule has 2 heterocycles. The number of carbonyl (C=O) groups excluding carboxylic acids is 2. The van der Waals surface area contributed by atoms with Crippen LogP contribution in [0.5, 0.6) is 5.75 Å². The summed E-state index contributed by atoms with van der Waals surface area (Å²) in [5.74, 6) is 0.763. The molecule has 0 bridgehead atoms. The van der Waals surface area contributed by atoms with Gasteiger partial charge in [0, 0.05) is 30.8 Å². The first-order valence-electron chi connectivity index (χ1n) is 12.5. The van der Waals surface area contributed by atoms with Gasteiger partial charge in [-0.3, -0.25) is 9.59 Å². The number of piperidine rings is 1. The monoisotopic (exact) mass is 463 g/mol. The first-order chi connectivity index (χ1) is 16.5. The number of amides is 2. The van der Waals surface area contributed by atoms with Gasteiger partial charge in [0.15, 0.2) is 0 Å². The van der Waals surface area contributed by atoms with Crippen molar-refractivity contribution in [2.45, 2.75) is 45.6 Å². The van der Waals surface area contributed by atoms with Crippen LogP contribution in [0.4, 0.5) is 5.69 Å². The molecule has 2 aromatic carbocycles. The van der Waals surface area contributed by atoms with E-state index in [0.717, 1.165) is 36.4 Å². The summed E-state index contributed by atoms with van der Waals surface area (Å²) in [5, 5.41) is 3.21. The molecule has 6 nitrogen and oxygen atoms in total. The van der Waals surface area contributed by atoms with Gasteiger partial charge in [0.2, 0.25) is 11.8 Å². The van der Waals surface area contributed by atoms with Crippen LogP contribution in [0.1, 0.15) is 49.8 Å². The van der Waals surface area contributed by atoms with Crippen molar-refractivity contribution in [3.8, 4) is 5.75 Å². The van der Waals surface area contributed by atoms with Gasteiger partial charge in [-0.2, -0.15) is 0 Å². The molecule has 0 spiro atoms. The van der Waals surface area contributed by atoms with E-state index >= 15 is 0 Å². The van der Waals surface area contributed by atoms with Crippen molar-refractivity contribution < 1.29 is 14.3 Å². The summed E-state index contributed by atoms with van der Waals surface area (Å²) >= 11 is 0. The van der Waals surface area contributed by atoms with Crippen LogP contribution in [0.2, 0.25) is 0 Å². The van der Waals surface area contributed by atoms with Gasteiger partial charge in [0.25, 0.3) is 0 Å². The summed E-state index contributed by atoms with van der Waals surface area (Å²) in [6, 6.07) is 15.2. The first-order valence-corrected chi connectivity index (χ1v) is 12.5. The van der Waals surface area contributed by atoms with Gasteiger partial charge < -0.3 is 19.9 Å². The maximum absolute atomic E-state index is 13.6. The van der Waals surface area contributed by atoms with Crippen molar-refractivity contribution in [3.63, 3.8) is 0 Å². The van der Waals surface area contributed by atoms with Gasteiger partial charge in [0.1, 0.15) is 5.75 Å². The highest BCUT2D eigenvalue weighted by atomic mass is 16.5. The molecule has 34 heavy (non-hydrogen) atoms. The maximum atomic E-state index is 13.6. The number of nitrogens with zero attached hydrogens (tertiary/aromatic N) is 2. The van der Waals surface area contributed by atoms with Crippen molar-refractivity contribution in [2.24, 2.45) is 11.8 Å². The molecule has 0 radical (unpaired) electrons. The molecule has 3 unspecified atom stereocenters. The number of benzene rings is 2. The van der Waals surface area contributed by atoms with Gasteiger partial charge >= 0.3 is 0 Å². The van der Waals surface area contributed by atoms with E-state index in [1.54, 1.807) is 12.0 Å². The Morgan fingerprint density at radius 2 is 1.82 bits per heavy atom. The number of carbonyl (C=O) groups is 2. The summed E-state index contributed by atoms with van der Waals surface area (Å²) in [5.41, 5.74) is 2.80. The predicted molar refractivity (Wildman–Crippen MR) is 135 cm³/mol. The van der Waals surface area contributed by atoms with E-state index in [1.807, 2.05) is 55.5 Å². The number of para-hydroxylation sites is 1. The minimum Gasteiger partial charge on any atom is -0.496 e. The Kier molecular flexibility index (Phi) is 7.88. The lowest BCUT2D eigenvalue weighted by molar-refractivity contribution is -0.129. The van der Waals surface area contributed by atoms with Crippen molar-refractivity contribution >= 4 is 17.5 Å². The Morgan fingerprint density at radius 1 is 1.12 bits per heavy atom. The van der Waals surface area contributed by atoms with Crippen LogP contribution in [0.3, 0.4) is 0 Å². The Labute approximate surface area is 203 Å². The number of likely N-dealkylation sites (tertiary alicyclic amines) is 1. The molecule has 6 heteroatoms. The largest absolute Gasteiger partial charge is 0.496 e. The van der Waals surface area contributed by atoms with E-state index in [2.05, 4.69) is 17.1 Å². The third-order valence-corrected chi connectivity index (χ3v) is 7.10. The Morgan fingerprint density at radius 3 is 2.53 bits per heavy atom. The Hall–Kier alpha value is -2.86. The average Bonchev–Trinajstić information content (AvgIpc) is 3.36. The zero-order chi connectivity index (χ0) is 24.1. The predicted octanol–water partition coefficient (Wildman–Crippen LogP) is 4.34. The highest BCUT2D eigenvalue weighted by Gasteiger charge is 2.42. The van der Waals surface area contributed by atoms with Crippen LogP contribution in [0.25, 0.3) is 0 Å². The third-order valence-electron chi connectivity index (χ3n) is 7.10. The number of methoxy groups -OCH3 is 1. The van der Waals surface area contributed by atoms with E-state index in [9.17, 15) is 9.59 Å². The molecular weight excluding hydrogens is 426 g/mol. The van der Waals surface area contributed by atoms with Gasteiger partial charge in [-0.1, -0.05) is 42.8 Å². The maximum Gasteiger partial charge on any atom is 0.227 e. The molecule has 4 rings (SSSR count). The molecule has 0 aliphatic carbocycles. The Balaban J connectivity index is 1.59. The summed E-state index contributed by atoms with van der Waals surface area (Å²) in [7, 11) is 1.63. The van der Waals surface area contributed by atoms with Crippen LogP contribution in [-0.2, 0) is 9.59 Å². The molecule has 2 amide bonds. The van der Waals surface area contributed by atoms with Crippen molar-refractivity contribution in [1.82, 2.24) is 10.2 Å². The lowest BCUT2D eigenvalue weighted by Gasteiger charge is -2.41. The van der Waals surface area contributed by atoms with Crippen molar-refractivity contribution in [3.05, 3.63) is 59.7 Å². The molecule has 2 fully saturated rings. The number of nitrogens with one attached hydrogen (secondary N) is 1. The van der Waals surface area contributed by atoms with E-state index in [1.165, 1.54) is 12.8 Å². The number of rotatable bonds is 8. The number of ether oxygens (including phenoxy) is 1. The molecule has 2 aliphatic rings. The molecule has 2 aliphatic heterocycles. The van der Waals surface area contributed by atoms with Crippen LogP contribution in [-0.4, -0.2) is 50.0 Å². The fourth-order valence-electron chi connectivity index (χ4n) is 5.32. The molecule has 2 aromatic rings. The second kappa shape index (κ2) is 11.0. The first kappa shape index (κ1) is 24.3. The number of hydrogen-bond donors (Lipinski definition) is 1. The summed E-state index contributed by atoms with van der Waals surface area (Å²) < 4.78 is 5.66. The Bertz CT molecular complexity index is 985. The molecule has 0 aromatic heterocycles. The van der Waals surface area contributed by atoms with Crippen LogP contribution >= 0.6 is 0 Å². The van der Waals surface area contributed by atoms with Gasteiger partial charge in [-0.25, -0.2) is 0 Å². The zero-order valence-corrected chi connectivity index (χ0v) is 20.6. The summed E-state index contributed by atoms with van der Waals surface area (Å²) in [6.07, 6.45) is 3.41. The second-order valence-electron chi connectivity index (χ2n) is 9.79. The van der Waals surface area contributed by atoms with Crippen molar-refractivity contribution in [1.29, 1.82) is 0 Å². The molecule has 2 saturated heterocycles. The molecule has 1 N–H and O–H groups in total. The van der Waals surface area contributed by atoms with Crippen LogP contribution < -0.4 is 15.0 Å². The molecular formula is C28H37N3O3. The molecule has 3 atom stereocenters. The quantitative estimate of drug-likeness (QED) is 0.633. The third kappa shape index (κ3) is 5.44. The second-order valence-corrected chi connectivity index (χ2v) is 9.79. The van der Waals surface area contributed by atoms with E-state index in [4.69, 9.17) is 4.74 Å². The fraction of sp³-hybridized carbons (Fsp3) is 0.500. The fourth-order valence-corrected chi connectivity index (χ4v) is 5.32. The average molecular weight is 464 g/mol. The highest BCUT2D eigenvalue weighted by Crippen LogP contribution is 2.43. The molecule has 0 saturated carbocycles. The van der Waals surface area contributed by atoms with E-state index < -0.39 is 6.04 Å². The molecule has 182 valence electrons. The normalized spacial score (nSPS) is 22.0. The lowest BCUT2D eigenvalue weighted by Crippen LogP contribution is -2.49. The van der Waals surface area contributed by atoms with Crippen LogP contribution in [0, 0.1) is 18.8 Å².